The van der Waals surface area contributed by atoms with Gasteiger partial charge in [-0.3, -0.25) is 0 Å². The molecule has 2 bridgehead atoms. The van der Waals surface area contributed by atoms with Crippen molar-refractivity contribution in [3.8, 4) is 0 Å². The van der Waals surface area contributed by atoms with Crippen LogP contribution >= 0.6 is 0 Å². The SMILES string of the molecule is C[Si](C)(C)CCCOC1C2CCC(C2)C1C(=O)[O-].[Na+]. The number of hydrogen-bond donors (Lipinski definition) is 0. The summed E-state index contributed by atoms with van der Waals surface area (Å²) < 4.78 is 5.91. The Morgan fingerprint density at radius 3 is 2.47 bits per heavy atom. The van der Waals surface area contributed by atoms with Crippen LogP contribution in [0.2, 0.25) is 25.7 Å². The van der Waals surface area contributed by atoms with Crippen molar-refractivity contribution in [3.63, 3.8) is 0 Å². The Bertz CT molecular complexity index is 316. The Kier molecular flexibility index (Phi) is 6.59. The molecular weight excluding hydrogens is 267 g/mol. The summed E-state index contributed by atoms with van der Waals surface area (Å²) in [6.45, 7) is 7.79. The van der Waals surface area contributed by atoms with Gasteiger partial charge in [-0.1, -0.05) is 25.7 Å². The molecule has 3 nitrogen and oxygen atoms in total. The summed E-state index contributed by atoms with van der Waals surface area (Å²) in [5, 5.41) is 11.2. The van der Waals surface area contributed by atoms with Crippen molar-refractivity contribution >= 4 is 14.0 Å². The van der Waals surface area contributed by atoms with Gasteiger partial charge in [-0.25, -0.2) is 0 Å². The molecule has 2 fully saturated rings. The molecule has 0 saturated heterocycles. The Labute approximate surface area is 139 Å². The molecule has 5 heteroatoms. The van der Waals surface area contributed by atoms with Gasteiger partial charge in [0.15, 0.2) is 0 Å². The van der Waals surface area contributed by atoms with Crippen LogP contribution in [0.15, 0.2) is 0 Å². The smallest absolute Gasteiger partial charge is 0.550 e. The normalized spacial score (nSPS) is 33.2. The van der Waals surface area contributed by atoms with E-state index in [0.29, 0.717) is 11.8 Å². The molecule has 0 spiro atoms. The number of ether oxygens (including phenoxy) is 1. The van der Waals surface area contributed by atoms with E-state index in [9.17, 15) is 9.90 Å². The van der Waals surface area contributed by atoms with Crippen molar-refractivity contribution in [1.29, 1.82) is 0 Å². The maximum absolute atomic E-state index is 11.2. The molecule has 2 saturated carbocycles. The minimum Gasteiger partial charge on any atom is -0.550 e. The van der Waals surface area contributed by atoms with E-state index in [2.05, 4.69) is 19.6 Å². The summed E-state index contributed by atoms with van der Waals surface area (Å²) in [6.07, 6.45) is 4.25. The second-order valence-corrected chi connectivity index (χ2v) is 12.8. The number of carbonyl (C=O) groups is 1. The molecule has 4 atom stereocenters. The third-order valence-corrected chi connectivity index (χ3v) is 6.35. The van der Waals surface area contributed by atoms with Crippen LogP contribution in [0.5, 0.6) is 0 Å². The van der Waals surface area contributed by atoms with Crippen molar-refractivity contribution in [2.24, 2.45) is 17.8 Å². The molecule has 0 amide bonds. The fraction of sp³-hybridized carbons (Fsp3) is 0.929. The molecule has 0 aromatic heterocycles. The molecule has 0 heterocycles. The van der Waals surface area contributed by atoms with Crippen molar-refractivity contribution < 1.29 is 44.2 Å². The van der Waals surface area contributed by atoms with E-state index >= 15 is 0 Å². The zero-order valence-corrected chi connectivity index (χ0v) is 15.8. The van der Waals surface area contributed by atoms with Crippen LogP contribution in [0.3, 0.4) is 0 Å². The monoisotopic (exact) mass is 292 g/mol. The minimum atomic E-state index is -0.998. The van der Waals surface area contributed by atoms with Gasteiger partial charge in [0.05, 0.1) is 6.10 Å². The Morgan fingerprint density at radius 1 is 1.26 bits per heavy atom. The number of aliphatic carboxylic acids is 1. The molecule has 19 heavy (non-hydrogen) atoms. The number of fused-ring (bicyclic) bond motifs is 2. The molecule has 2 aliphatic rings. The fourth-order valence-electron chi connectivity index (χ4n) is 3.63. The van der Waals surface area contributed by atoms with E-state index in [4.69, 9.17) is 4.74 Å². The molecule has 4 unspecified atom stereocenters. The predicted octanol–water partition coefficient (Wildman–Crippen LogP) is -1.10. The second-order valence-electron chi connectivity index (χ2n) is 7.18. The van der Waals surface area contributed by atoms with Gasteiger partial charge in [0, 0.05) is 26.6 Å². The second kappa shape index (κ2) is 7.08. The van der Waals surface area contributed by atoms with Crippen LogP contribution in [0, 0.1) is 17.8 Å². The molecule has 0 aromatic rings. The fourth-order valence-corrected chi connectivity index (χ4v) is 4.83. The molecule has 2 aliphatic carbocycles. The first-order valence-electron chi connectivity index (χ1n) is 7.21. The summed E-state index contributed by atoms with van der Waals surface area (Å²) in [5.74, 6) is -0.431. The van der Waals surface area contributed by atoms with Crippen LogP contribution in [0.4, 0.5) is 0 Å². The van der Waals surface area contributed by atoms with Crippen molar-refractivity contribution in [3.05, 3.63) is 0 Å². The first kappa shape index (κ1) is 17.7. The van der Waals surface area contributed by atoms with Gasteiger partial charge in [-0.2, -0.15) is 0 Å². The number of carboxylic acids is 1. The van der Waals surface area contributed by atoms with E-state index < -0.39 is 14.0 Å². The summed E-state index contributed by atoms with van der Waals surface area (Å²) in [5.41, 5.74) is 0. The zero-order valence-electron chi connectivity index (χ0n) is 12.8. The first-order valence-corrected chi connectivity index (χ1v) is 10.9. The van der Waals surface area contributed by atoms with E-state index in [0.717, 1.165) is 32.3 Å². The van der Waals surface area contributed by atoms with Crippen molar-refractivity contribution in [2.45, 2.75) is 57.5 Å². The molecule has 0 N–H and O–H groups in total. The zero-order chi connectivity index (χ0) is 13.3. The van der Waals surface area contributed by atoms with E-state index in [-0.39, 0.29) is 41.6 Å². The van der Waals surface area contributed by atoms with E-state index in [1.165, 1.54) is 6.04 Å². The van der Waals surface area contributed by atoms with Gasteiger partial charge in [-0.05, 0) is 37.5 Å². The van der Waals surface area contributed by atoms with E-state index in [1.54, 1.807) is 0 Å². The number of carbonyl (C=O) groups excluding carboxylic acids is 1. The van der Waals surface area contributed by atoms with Gasteiger partial charge in [0.2, 0.25) is 0 Å². The topological polar surface area (TPSA) is 49.4 Å². The average Bonchev–Trinajstić information content (AvgIpc) is 2.82. The molecule has 0 aromatic carbocycles. The van der Waals surface area contributed by atoms with Crippen LogP contribution in [-0.2, 0) is 9.53 Å². The summed E-state index contributed by atoms with van der Waals surface area (Å²) in [7, 11) is -0.998. The number of rotatable bonds is 6. The van der Waals surface area contributed by atoms with Crippen molar-refractivity contribution in [1.82, 2.24) is 0 Å². The van der Waals surface area contributed by atoms with Crippen LogP contribution in [0.25, 0.3) is 0 Å². The van der Waals surface area contributed by atoms with Gasteiger partial charge in [0.25, 0.3) is 0 Å². The van der Waals surface area contributed by atoms with Gasteiger partial charge >= 0.3 is 29.6 Å². The van der Waals surface area contributed by atoms with Gasteiger partial charge in [-0.15, -0.1) is 0 Å². The average molecular weight is 292 g/mol. The predicted molar refractivity (Wildman–Crippen MR) is 71.8 cm³/mol. The maximum atomic E-state index is 11.2. The molecular formula is C14H25NaO3Si. The van der Waals surface area contributed by atoms with E-state index in [1.807, 2.05) is 0 Å². The Morgan fingerprint density at radius 2 is 1.89 bits per heavy atom. The summed E-state index contributed by atoms with van der Waals surface area (Å²) in [6, 6.07) is 1.25. The maximum Gasteiger partial charge on any atom is 1.00 e. The van der Waals surface area contributed by atoms with Crippen LogP contribution in [-0.4, -0.2) is 26.8 Å². The quantitative estimate of drug-likeness (QED) is 0.461. The van der Waals surface area contributed by atoms with Crippen LogP contribution < -0.4 is 34.7 Å². The Hall–Kier alpha value is 0.647. The molecule has 0 radical (unpaired) electrons. The van der Waals surface area contributed by atoms with Crippen molar-refractivity contribution in [2.75, 3.05) is 6.61 Å². The van der Waals surface area contributed by atoms with Gasteiger partial charge in [0.1, 0.15) is 0 Å². The summed E-state index contributed by atoms with van der Waals surface area (Å²) in [4.78, 5) is 11.2. The summed E-state index contributed by atoms with van der Waals surface area (Å²) >= 11 is 0. The standard InChI is InChI=1S/C14H26O3Si.Na/c1-18(2,3)8-4-7-17-13-11-6-5-10(9-11)12(13)14(15)16;/h10-13H,4-9H2,1-3H3,(H,15,16);/q;+1/p-1. The minimum absolute atomic E-state index is 0. The third-order valence-electron chi connectivity index (χ3n) is 4.49. The number of hydrogen-bond acceptors (Lipinski definition) is 3. The third kappa shape index (κ3) is 4.56. The van der Waals surface area contributed by atoms with Gasteiger partial charge < -0.3 is 14.6 Å². The Balaban J connectivity index is 0.00000180. The molecule has 0 aliphatic heterocycles. The van der Waals surface area contributed by atoms with Crippen LogP contribution in [0.1, 0.15) is 25.7 Å². The number of carboxylic acid groups (broad SMARTS) is 1. The molecule has 2 rings (SSSR count). The molecule has 104 valence electrons. The first-order chi connectivity index (χ1) is 8.38. The largest absolute Gasteiger partial charge is 1.00 e.